The molecule has 7 aromatic carbocycles. The molecule has 0 fully saturated rings. The molecule has 24 nitrogen and oxygen atoms in total. The molecule has 7 rings (SSSR count). The highest BCUT2D eigenvalue weighted by Gasteiger charge is 2.24. The molecule has 608 valence electrons. The third-order valence-electron chi connectivity index (χ3n) is 15.1. The molecule has 5 atom stereocenters. The van der Waals surface area contributed by atoms with Crippen LogP contribution in [0.15, 0.2) is 180 Å². The Labute approximate surface area is 663 Å². The highest BCUT2D eigenvalue weighted by molar-refractivity contribution is 6.00. The molecule has 0 amide bonds. The maximum absolute atomic E-state index is 11.8. The van der Waals surface area contributed by atoms with Crippen LogP contribution in [0.1, 0.15) is 294 Å². The van der Waals surface area contributed by atoms with Crippen molar-refractivity contribution >= 4 is 84.2 Å². The van der Waals surface area contributed by atoms with E-state index < -0.39 is 46.3 Å². The van der Waals surface area contributed by atoms with Gasteiger partial charge in [0, 0.05) is 17.2 Å². The van der Waals surface area contributed by atoms with Crippen LogP contribution < -0.4 is 5.73 Å². The number of hydrogen-bond acceptors (Lipinski definition) is 20. The Morgan fingerprint density at radius 2 is 0.670 bits per heavy atom. The number of carbonyl (C=O) groups is 10. The Morgan fingerprint density at radius 3 is 0.991 bits per heavy atom. The van der Waals surface area contributed by atoms with Crippen LogP contribution in [0.25, 0.3) is 0 Å². The van der Waals surface area contributed by atoms with Crippen molar-refractivity contribution in [2.45, 2.75) is 216 Å². The zero-order valence-corrected chi connectivity index (χ0v) is 68.3. The summed E-state index contributed by atoms with van der Waals surface area (Å²) in [6.07, 6.45) is 3.41. The Balaban J connectivity index is 0.00000129. The van der Waals surface area contributed by atoms with E-state index in [1.165, 1.54) is 43.5 Å². The molecule has 9 N–H and O–H groups in total. The lowest BCUT2D eigenvalue weighted by molar-refractivity contribution is -0.156. The van der Waals surface area contributed by atoms with Crippen molar-refractivity contribution in [3.63, 3.8) is 0 Å². The number of rotatable bonds is 22. The highest BCUT2D eigenvalue weighted by Crippen LogP contribution is 2.27. The molecule has 0 aromatic heterocycles. The summed E-state index contributed by atoms with van der Waals surface area (Å²) >= 11 is 0. The van der Waals surface area contributed by atoms with Gasteiger partial charge in [0.05, 0.1) is 66.5 Å². The van der Waals surface area contributed by atoms with E-state index in [2.05, 4.69) is 10.3 Å². The Bertz CT molecular complexity index is 4240. The standard InChI is InChI=1S/C15H21NO3.C15H20O4.C15H22O3.C15H20O3.C9H9NO3.C9H11NO2.C9H8O3.ClH/c1-11(8-14(17)19-15(2,3)4)13-7-5-6-12(9-13)10-16-18;1-10(8-13(16)19-15(2,3)4)11-6-5-7-12(9-11)14(17)18;2*1-11(8-14(17)18-15(2,3)4)13-7-5-6-12(9-13)10-16;1-6(10-13)7-3-2-4-8(5-7)9(11)12;2*1-6(10)7-3-2-4-8(5-7)9(11)12;/h5-7,9-11,18H,8H2,1-4H3;5-7,9-10H,8H2,1-4H3,(H,17,18);5-7,9,11,16H,8,10H2,1-4H3;5-7,9-11H,8H2,1-4H3;2-5,13H,1H3,(H,11,12);2-6H,10H2,1H3,(H,11,12);2-5H,1H3,(H,11,12);1H/b16-10+;;;;10-6+;;;. The molecule has 0 aliphatic carbocycles. The molecule has 25 heteroatoms. The lowest BCUT2D eigenvalue weighted by Crippen LogP contribution is -2.24. The minimum absolute atomic E-state index is 0. The van der Waals surface area contributed by atoms with Gasteiger partial charge in [0.15, 0.2) is 5.78 Å². The third-order valence-corrected chi connectivity index (χ3v) is 15.1. The monoisotopic (exact) mass is 1570 g/mol. The largest absolute Gasteiger partial charge is 0.478 e. The van der Waals surface area contributed by atoms with Crippen molar-refractivity contribution in [3.8, 4) is 0 Å². The predicted molar refractivity (Wildman–Crippen MR) is 433 cm³/mol. The number of halogens is 1. The van der Waals surface area contributed by atoms with Crippen molar-refractivity contribution in [3.05, 3.63) is 248 Å². The number of nitrogens with zero attached hydrogens (tertiary/aromatic N) is 2. The number of aldehydes is 1. The smallest absolute Gasteiger partial charge is 0.335 e. The van der Waals surface area contributed by atoms with E-state index in [1.807, 2.05) is 197 Å². The van der Waals surface area contributed by atoms with E-state index in [0.29, 0.717) is 41.7 Å². The molecule has 0 heterocycles. The van der Waals surface area contributed by atoms with Gasteiger partial charge >= 0.3 is 47.8 Å². The maximum atomic E-state index is 11.8. The van der Waals surface area contributed by atoms with Gasteiger partial charge in [-0.25, -0.2) is 19.2 Å². The first-order valence-electron chi connectivity index (χ1n) is 35.7. The SMILES string of the molecule is C/C(=N\O)c1cccc(C(=O)O)c1.CC(=O)c1cccc(C(=O)O)c1.CC(CC(=O)OC(C)(C)C)c1cccc(/C=N/O)c1.CC(CC(=O)OC(C)(C)C)c1cccc(C(=O)O)c1.CC(CC(=O)OC(C)(C)C)c1cccc(C=O)c1.CC(CC(=O)OC(C)(C)C)c1cccc(CO)c1.CC(N)c1cccc(C(=O)O)c1.Cl. The van der Waals surface area contributed by atoms with Crippen LogP contribution in [0.2, 0.25) is 0 Å². The van der Waals surface area contributed by atoms with E-state index in [9.17, 15) is 47.9 Å². The molecule has 0 aliphatic rings. The van der Waals surface area contributed by atoms with Crippen LogP contribution in [0.5, 0.6) is 0 Å². The molecule has 0 radical (unpaired) electrons. The first-order valence-corrected chi connectivity index (χ1v) is 35.7. The third kappa shape index (κ3) is 43.3. The van der Waals surface area contributed by atoms with Gasteiger partial charge in [0.1, 0.15) is 28.7 Å². The summed E-state index contributed by atoms with van der Waals surface area (Å²) in [6.45, 7) is 34.8. The number of aromatic carboxylic acids is 4. The van der Waals surface area contributed by atoms with Gasteiger partial charge < -0.3 is 60.6 Å². The summed E-state index contributed by atoms with van der Waals surface area (Å²) in [5.74, 6) is -4.80. The molecule has 7 aromatic rings. The number of aliphatic hydroxyl groups excluding tert-OH is 1. The summed E-state index contributed by atoms with van der Waals surface area (Å²) in [7, 11) is 0. The van der Waals surface area contributed by atoms with Gasteiger partial charge in [-0.3, -0.25) is 28.8 Å². The number of ketones is 1. The lowest BCUT2D eigenvalue weighted by Gasteiger charge is -2.21. The van der Waals surface area contributed by atoms with E-state index >= 15 is 0 Å². The average Bonchev–Trinajstić information content (AvgIpc) is 0.901. The Kier molecular flexibility index (Phi) is 44.2. The van der Waals surface area contributed by atoms with E-state index in [4.69, 9.17) is 60.6 Å². The van der Waals surface area contributed by atoms with Crippen LogP contribution in [-0.2, 0) is 44.7 Å². The highest BCUT2D eigenvalue weighted by atomic mass is 35.5. The van der Waals surface area contributed by atoms with Crippen molar-refractivity contribution < 1.29 is 103 Å². The lowest BCUT2D eigenvalue weighted by atomic mass is 9.96. The number of benzene rings is 7. The van der Waals surface area contributed by atoms with Gasteiger partial charge in [-0.05, 0) is 233 Å². The molecule has 0 saturated heterocycles. The zero-order chi connectivity index (χ0) is 84.7. The summed E-state index contributed by atoms with van der Waals surface area (Å²) in [6, 6.07) is 47.9. The van der Waals surface area contributed by atoms with Crippen LogP contribution in [0.3, 0.4) is 0 Å². The topological polar surface area (TPSA) is 400 Å². The Morgan fingerprint density at radius 1 is 0.393 bits per heavy atom. The average molecular weight is 1570 g/mol. The molecular formula is C87H112ClN3O21. The second-order valence-electron chi connectivity index (χ2n) is 30.0. The van der Waals surface area contributed by atoms with Crippen molar-refractivity contribution in [2.75, 3.05) is 0 Å². The number of nitrogens with two attached hydrogens (primary N) is 1. The van der Waals surface area contributed by atoms with Crippen LogP contribution in [-0.4, -0.2) is 130 Å². The molecular weight excluding hydrogens is 1460 g/mol. The van der Waals surface area contributed by atoms with Crippen LogP contribution >= 0.6 is 12.4 Å². The number of carboxylic acid groups (broad SMARTS) is 4. The summed E-state index contributed by atoms with van der Waals surface area (Å²) in [5.41, 5.74) is 13.0. The first-order chi connectivity index (χ1) is 51.5. The fourth-order valence-electron chi connectivity index (χ4n) is 9.69. The van der Waals surface area contributed by atoms with E-state index in [1.54, 1.807) is 67.6 Å². The van der Waals surface area contributed by atoms with Gasteiger partial charge in [-0.2, -0.15) is 0 Å². The number of oxime groups is 2. The van der Waals surface area contributed by atoms with E-state index in [0.717, 1.165) is 45.2 Å². The summed E-state index contributed by atoms with van der Waals surface area (Å²) < 4.78 is 21.1. The maximum Gasteiger partial charge on any atom is 0.335 e. The summed E-state index contributed by atoms with van der Waals surface area (Å²) in [5, 5.41) is 66.9. The zero-order valence-electron chi connectivity index (χ0n) is 67.5. The molecule has 0 aliphatic heterocycles. The minimum atomic E-state index is -1.02. The minimum Gasteiger partial charge on any atom is -0.478 e. The Hall–Kier alpha value is -11.2. The number of carbonyl (C=O) groups excluding carboxylic acids is 6. The second kappa shape index (κ2) is 49.1. The van der Waals surface area contributed by atoms with Crippen molar-refractivity contribution in [1.29, 1.82) is 0 Å². The van der Waals surface area contributed by atoms with Crippen LogP contribution in [0, 0.1) is 0 Å². The number of hydrogen-bond donors (Lipinski definition) is 8. The van der Waals surface area contributed by atoms with Crippen LogP contribution in [0.4, 0.5) is 0 Å². The number of esters is 4. The quantitative estimate of drug-likeness (QED) is 0.00594. The predicted octanol–water partition coefficient (Wildman–Crippen LogP) is 17.9. The van der Waals surface area contributed by atoms with Crippen molar-refractivity contribution in [2.24, 2.45) is 16.0 Å². The normalized spacial score (nSPS) is 12.3. The summed E-state index contributed by atoms with van der Waals surface area (Å²) in [4.78, 5) is 111. The molecule has 0 saturated carbocycles. The molecule has 112 heavy (non-hydrogen) atoms. The first kappa shape index (κ1) is 101. The number of ether oxygens (including phenoxy) is 4. The van der Waals surface area contributed by atoms with Crippen molar-refractivity contribution in [1.82, 2.24) is 0 Å². The fraction of sp³-hybridized carbons (Fsp3) is 0.379. The number of carboxylic acids is 4. The fourth-order valence-corrected chi connectivity index (χ4v) is 9.69. The number of Topliss-reactive ketones (excluding diaryl/α,β-unsaturated/α-hetero) is 1. The van der Waals surface area contributed by atoms with Gasteiger partial charge in [-0.15, -0.1) is 12.4 Å². The molecule has 5 unspecified atom stereocenters. The van der Waals surface area contributed by atoms with Gasteiger partial charge in [0.2, 0.25) is 0 Å². The molecule has 0 spiro atoms. The molecule has 0 bridgehead atoms. The van der Waals surface area contributed by atoms with E-state index in [-0.39, 0.29) is 107 Å². The van der Waals surface area contributed by atoms with Gasteiger partial charge in [-0.1, -0.05) is 147 Å². The number of aliphatic hydroxyl groups is 1. The van der Waals surface area contributed by atoms with Gasteiger partial charge in [0.25, 0.3) is 0 Å². The second-order valence-corrected chi connectivity index (χ2v) is 30.0.